The van der Waals surface area contributed by atoms with E-state index in [0.717, 1.165) is 5.56 Å². The van der Waals surface area contributed by atoms with Crippen molar-refractivity contribution in [2.24, 2.45) is 0 Å². The summed E-state index contributed by atoms with van der Waals surface area (Å²) in [5.74, 6) is 0.699. The third-order valence-corrected chi connectivity index (χ3v) is 5.87. The molecule has 1 saturated heterocycles. The molecule has 1 aromatic heterocycles. The largest absolute Gasteiger partial charge is 0.359 e. The van der Waals surface area contributed by atoms with Crippen molar-refractivity contribution in [3.8, 4) is 11.3 Å². The highest BCUT2D eigenvalue weighted by atomic mass is 32.2. The van der Waals surface area contributed by atoms with Gasteiger partial charge in [-0.1, -0.05) is 35.5 Å². The van der Waals surface area contributed by atoms with Crippen LogP contribution >= 0.6 is 0 Å². The molecule has 1 aliphatic heterocycles. The lowest BCUT2D eigenvalue weighted by Crippen LogP contribution is -2.43. The third-order valence-electron chi connectivity index (χ3n) is 4.12. The Labute approximate surface area is 140 Å². The lowest BCUT2D eigenvalue weighted by Gasteiger charge is -2.23. The minimum Gasteiger partial charge on any atom is -0.359 e. The number of nitrogens with one attached hydrogen (secondary N) is 1. The summed E-state index contributed by atoms with van der Waals surface area (Å²) in [7, 11) is -1.41. The zero-order valence-corrected chi connectivity index (χ0v) is 14.1. The first-order chi connectivity index (χ1) is 11.4. The fourth-order valence-corrected chi connectivity index (χ4v) is 4.45. The Morgan fingerprint density at radius 2 is 2.12 bits per heavy atom. The van der Waals surface area contributed by atoms with Gasteiger partial charge in [-0.05, 0) is 6.42 Å². The van der Waals surface area contributed by atoms with Crippen LogP contribution in [0.4, 0.5) is 4.79 Å². The Bertz CT molecular complexity index is 817. The van der Waals surface area contributed by atoms with Crippen LogP contribution in [-0.4, -0.2) is 49.1 Å². The number of carbonyl (C=O) groups excluding carboxylic acids is 1. The van der Waals surface area contributed by atoms with Gasteiger partial charge in [-0.3, -0.25) is 0 Å². The molecule has 1 aromatic carbocycles. The van der Waals surface area contributed by atoms with Gasteiger partial charge in [0.1, 0.15) is 5.69 Å². The van der Waals surface area contributed by atoms with Crippen LogP contribution in [0.25, 0.3) is 11.3 Å². The number of hydrogen-bond donors (Lipinski definition) is 1. The van der Waals surface area contributed by atoms with Crippen LogP contribution in [0, 0.1) is 0 Å². The number of hydrogen-bond acceptors (Lipinski definition) is 5. The third kappa shape index (κ3) is 3.76. The molecule has 24 heavy (non-hydrogen) atoms. The lowest BCUT2D eigenvalue weighted by atomic mass is 10.1. The van der Waals surface area contributed by atoms with Crippen molar-refractivity contribution in [1.29, 1.82) is 0 Å². The summed E-state index contributed by atoms with van der Waals surface area (Å²) in [5, 5.41) is 6.71. The molecule has 0 radical (unpaired) electrons. The van der Waals surface area contributed by atoms with Gasteiger partial charge in [0, 0.05) is 24.7 Å². The molecule has 1 aliphatic rings. The smallest absolute Gasteiger partial charge is 0.317 e. The van der Waals surface area contributed by atoms with E-state index in [2.05, 4.69) is 10.5 Å². The highest BCUT2D eigenvalue weighted by Crippen LogP contribution is 2.19. The molecular formula is C16H19N3O4S. The maximum Gasteiger partial charge on any atom is 0.317 e. The Morgan fingerprint density at radius 1 is 1.38 bits per heavy atom. The van der Waals surface area contributed by atoms with E-state index in [1.165, 1.54) is 4.90 Å². The molecule has 1 fully saturated rings. The van der Waals surface area contributed by atoms with Gasteiger partial charge in [0.05, 0.1) is 18.1 Å². The predicted molar refractivity (Wildman–Crippen MR) is 89.0 cm³/mol. The number of rotatable bonds is 4. The molecule has 3 rings (SSSR count). The average molecular weight is 349 g/mol. The molecule has 1 atom stereocenters. The van der Waals surface area contributed by atoms with Crippen LogP contribution in [0.15, 0.2) is 40.9 Å². The number of aromatic nitrogens is 1. The highest BCUT2D eigenvalue weighted by Gasteiger charge is 2.32. The molecule has 2 heterocycles. The quantitative estimate of drug-likeness (QED) is 0.906. The predicted octanol–water partition coefficient (Wildman–Crippen LogP) is 1.67. The molecule has 128 valence electrons. The number of nitrogens with zero attached hydrogens (tertiary/aromatic N) is 2. The van der Waals surface area contributed by atoms with Crippen molar-refractivity contribution in [1.82, 2.24) is 15.4 Å². The van der Waals surface area contributed by atoms with Crippen molar-refractivity contribution in [2.45, 2.75) is 19.0 Å². The van der Waals surface area contributed by atoms with Crippen molar-refractivity contribution < 1.29 is 17.7 Å². The molecule has 0 saturated carbocycles. The van der Waals surface area contributed by atoms with Gasteiger partial charge in [0.2, 0.25) is 0 Å². The van der Waals surface area contributed by atoms with E-state index in [1.54, 1.807) is 13.1 Å². The number of carbonyl (C=O) groups is 1. The second kappa shape index (κ2) is 6.64. The van der Waals surface area contributed by atoms with E-state index in [9.17, 15) is 13.2 Å². The SMILES string of the molecule is CN(C(=O)NCc1cc(-c2ccccc2)no1)C1CCS(=O)(=O)C1. The summed E-state index contributed by atoms with van der Waals surface area (Å²) in [4.78, 5) is 13.6. The van der Waals surface area contributed by atoms with E-state index < -0.39 is 9.84 Å². The highest BCUT2D eigenvalue weighted by molar-refractivity contribution is 7.91. The zero-order valence-electron chi connectivity index (χ0n) is 13.3. The van der Waals surface area contributed by atoms with Gasteiger partial charge in [-0.25, -0.2) is 13.2 Å². The minimum atomic E-state index is -3.02. The fourth-order valence-electron chi connectivity index (χ4n) is 2.68. The summed E-state index contributed by atoms with van der Waals surface area (Å²) in [6, 6.07) is 10.8. The molecule has 7 nitrogen and oxygen atoms in total. The lowest BCUT2D eigenvalue weighted by molar-refractivity contribution is 0.193. The van der Waals surface area contributed by atoms with E-state index in [-0.39, 0.29) is 30.1 Å². The molecule has 1 unspecified atom stereocenters. The van der Waals surface area contributed by atoms with Crippen LogP contribution in [0.1, 0.15) is 12.2 Å². The summed E-state index contributed by atoms with van der Waals surface area (Å²) in [6.07, 6.45) is 0.479. The maximum atomic E-state index is 12.1. The number of sulfone groups is 1. The molecular weight excluding hydrogens is 330 g/mol. The molecule has 8 heteroatoms. The standard InChI is InChI=1S/C16H19N3O4S/c1-19(13-7-8-24(21,22)11-13)16(20)17-10-14-9-15(18-23-14)12-5-3-2-4-6-12/h2-6,9,13H,7-8,10-11H2,1H3,(H,17,20). The fraction of sp³-hybridized carbons (Fsp3) is 0.375. The van der Waals surface area contributed by atoms with Gasteiger partial charge in [0.25, 0.3) is 0 Å². The van der Waals surface area contributed by atoms with E-state index in [1.807, 2.05) is 30.3 Å². The summed E-state index contributed by atoms with van der Waals surface area (Å²) < 4.78 is 28.2. The van der Waals surface area contributed by atoms with E-state index >= 15 is 0 Å². The van der Waals surface area contributed by atoms with Crippen molar-refractivity contribution in [3.05, 3.63) is 42.2 Å². The normalized spacial score (nSPS) is 19.1. The van der Waals surface area contributed by atoms with Gasteiger partial charge >= 0.3 is 6.03 Å². The summed E-state index contributed by atoms with van der Waals surface area (Å²) >= 11 is 0. The minimum absolute atomic E-state index is 0.0252. The molecule has 0 bridgehead atoms. The topological polar surface area (TPSA) is 92.5 Å². The van der Waals surface area contributed by atoms with Crippen LogP contribution < -0.4 is 5.32 Å². The van der Waals surface area contributed by atoms with Crippen molar-refractivity contribution in [3.63, 3.8) is 0 Å². The Kier molecular flexibility index (Phi) is 4.57. The molecule has 1 N–H and O–H groups in total. The Hall–Kier alpha value is -2.35. The number of benzene rings is 1. The first-order valence-corrected chi connectivity index (χ1v) is 9.49. The van der Waals surface area contributed by atoms with E-state index in [4.69, 9.17) is 4.52 Å². The van der Waals surface area contributed by atoms with Gasteiger partial charge in [-0.15, -0.1) is 0 Å². The average Bonchev–Trinajstić information content (AvgIpc) is 3.19. The second-order valence-corrected chi connectivity index (χ2v) is 8.10. The Morgan fingerprint density at radius 3 is 2.79 bits per heavy atom. The van der Waals surface area contributed by atoms with Crippen LogP contribution in [0.5, 0.6) is 0 Å². The van der Waals surface area contributed by atoms with Gasteiger partial charge in [-0.2, -0.15) is 0 Å². The Balaban J connectivity index is 1.56. The van der Waals surface area contributed by atoms with E-state index in [0.29, 0.717) is 17.9 Å². The van der Waals surface area contributed by atoms with Crippen LogP contribution in [0.2, 0.25) is 0 Å². The monoisotopic (exact) mass is 349 g/mol. The van der Waals surface area contributed by atoms with Crippen molar-refractivity contribution in [2.75, 3.05) is 18.6 Å². The molecule has 2 aromatic rings. The number of amides is 2. The van der Waals surface area contributed by atoms with Crippen molar-refractivity contribution >= 4 is 15.9 Å². The van der Waals surface area contributed by atoms with Gasteiger partial charge < -0.3 is 14.7 Å². The molecule has 2 amide bonds. The summed E-state index contributed by atoms with van der Waals surface area (Å²) in [6.45, 7) is 0.197. The van der Waals surface area contributed by atoms with Crippen LogP contribution in [-0.2, 0) is 16.4 Å². The molecule has 0 aliphatic carbocycles. The first kappa shape index (κ1) is 16.5. The van der Waals surface area contributed by atoms with Crippen LogP contribution in [0.3, 0.4) is 0 Å². The second-order valence-electron chi connectivity index (χ2n) is 5.87. The summed E-state index contributed by atoms with van der Waals surface area (Å²) in [5.41, 5.74) is 1.64. The molecule has 0 spiro atoms. The first-order valence-electron chi connectivity index (χ1n) is 7.67. The van der Waals surface area contributed by atoms with Gasteiger partial charge in [0.15, 0.2) is 15.6 Å². The maximum absolute atomic E-state index is 12.1. The zero-order chi connectivity index (χ0) is 17.2. The number of urea groups is 1.